The van der Waals surface area contributed by atoms with Crippen LogP contribution in [0, 0.1) is 0 Å². The SMILES string of the molecule is [2H]c1nc2c(c([2H])c1[2H])c1c([2H])c([2H])c([2H])c([2H])c1n2-c1cccc(-c2nc(-n3c4c([2H])c([2H])c([2H])c([2H])c4c4c([2H])c([2H])c([2H])c([2H])c43)nc(-c3c([2H])c([2H])c([2H])c([2H])c3[2H])c2[2H])c1-n1c2nc([2H])c([2H])c([2H])c2c2c([2H])c([2H])c([2H])c([2H])c21. The van der Waals surface area contributed by atoms with Crippen molar-refractivity contribution in [3.63, 3.8) is 0 Å². The Hall–Kier alpha value is -7.90. The minimum Gasteiger partial charge on any atom is -0.292 e. The lowest BCUT2D eigenvalue weighted by Crippen LogP contribution is -2.08. The predicted octanol–water partition coefficient (Wildman–Crippen LogP) is 11.9. The molecule has 0 N–H and O–H groups in total. The fourth-order valence-corrected chi connectivity index (χ4v) is 7.08. The zero-order valence-corrected chi connectivity index (χ0v) is 28.4. The highest BCUT2D eigenvalue weighted by molar-refractivity contribution is 6.11. The zero-order chi connectivity index (χ0) is 61.8. The van der Waals surface area contributed by atoms with Crippen LogP contribution in [-0.2, 0) is 0 Å². The van der Waals surface area contributed by atoms with Crippen molar-refractivity contribution in [1.82, 2.24) is 33.6 Å². The van der Waals surface area contributed by atoms with Crippen molar-refractivity contribution in [1.29, 1.82) is 0 Å². The second-order valence-corrected chi connectivity index (χ2v) is 12.3. The van der Waals surface area contributed by atoms with Crippen LogP contribution in [0.5, 0.6) is 0 Å². The summed E-state index contributed by atoms with van der Waals surface area (Å²) in [6.07, 6.45) is -1.74. The number of hydrogen-bond acceptors (Lipinski definition) is 4. The molecule has 0 fully saturated rings. The molecule has 0 radical (unpaired) electrons. The molecular weight excluding hydrogens is 699 g/mol. The van der Waals surface area contributed by atoms with Crippen molar-refractivity contribution in [3.8, 4) is 39.8 Å². The van der Waals surface area contributed by atoms with E-state index in [0.717, 1.165) is 13.7 Å². The fourth-order valence-electron chi connectivity index (χ4n) is 7.08. The molecule has 7 nitrogen and oxygen atoms in total. The lowest BCUT2D eigenvalue weighted by atomic mass is 10.0. The summed E-state index contributed by atoms with van der Waals surface area (Å²) in [5.41, 5.74) is -7.15. The van der Waals surface area contributed by atoms with Crippen LogP contribution >= 0.6 is 0 Å². The van der Waals surface area contributed by atoms with Gasteiger partial charge in [-0.2, -0.15) is 0 Å². The maximum absolute atomic E-state index is 10.2. The number of para-hydroxylation sites is 5. The molecule has 0 atom stereocenters. The average molecular weight is 758 g/mol. The van der Waals surface area contributed by atoms with Gasteiger partial charge < -0.3 is 0 Å². The van der Waals surface area contributed by atoms with E-state index in [4.69, 9.17) is 28.3 Å². The Morgan fingerprint density at radius 2 is 0.895 bits per heavy atom. The highest BCUT2D eigenvalue weighted by Gasteiger charge is 2.25. The minimum atomic E-state index is -0.966. The minimum absolute atomic E-state index is 0.406. The van der Waals surface area contributed by atoms with Gasteiger partial charge in [-0.25, -0.2) is 19.9 Å². The summed E-state index contributed by atoms with van der Waals surface area (Å²) in [5, 5.41) is -2.73. The number of rotatable bonds is 5. The zero-order valence-electron chi connectivity index (χ0n) is 56.4. The molecule has 6 aromatic heterocycles. The van der Waals surface area contributed by atoms with Gasteiger partial charge in [-0.15, -0.1) is 0 Å². The second kappa shape index (κ2) is 12.3. The van der Waals surface area contributed by atoms with Crippen molar-refractivity contribution >= 4 is 65.7 Å². The topological polar surface area (TPSA) is 66.3 Å². The van der Waals surface area contributed by atoms with E-state index in [2.05, 4.69) is 15.0 Å². The summed E-state index contributed by atoms with van der Waals surface area (Å²) in [5.74, 6) is -0.865. The van der Waals surface area contributed by atoms with Crippen LogP contribution in [0.2, 0.25) is 0 Å². The average Bonchev–Trinajstić information content (AvgIpc) is 1.74. The smallest absolute Gasteiger partial charge is 0.235 e. The van der Waals surface area contributed by atoms with E-state index in [9.17, 15) is 15.1 Å². The van der Waals surface area contributed by atoms with E-state index in [0.29, 0.717) is 0 Å². The first-order chi connectivity index (χ1) is 39.9. The number of pyridine rings is 2. The van der Waals surface area contributed by atoms with Gasteiger partial charge in [0.15, 0.2) is 0 Å². The first-order valence-electron chi connectivity index (χ1n) is 30.8. The third kappa shape index (κ3) is 4.66. The molecule has 266 valence electrons. The molecule has 12 rings (SSSR count). The Bertz CT molecular complexity index is 5080. The van der Waals surface area contributed by atoms with E-state index in [1.165, 1.54) is 18.2 Å². The van der Waals surface area contributed by atoms with E-state index in [1.807, 2.05) is 0 Å². The number of hydrogen-bond donors (Lipinski definition) is 0. The van der Waals surface area contributed by atoms with E-state index in [-0.39, 0.29) is 0 Å². The normalized spacial score (nSPS) is 18.7. The van der Waals surface area contributed by atoms with Crippen LogP contribution in [0.4, 0.5) is 0 Å². The molecule has 0 aliphatic rings. The van der Waals surface area contributed by atoms with Gasteiger partial charge in [0.25, 0.3) is 0 Å². The highest BCUT2D eigenvalue weighted by Crippen LogP contribution is 2.42. The molecule has 0 spiro atoms. The molecule has 6 aromatic carbocycles. The van der Waals surface area contributed by atoms with E-state index < -0.39 is 275 Å². The lowest BCUT2D eigenvalue weighted by Gasteiger charge is -2.20. The largest absolute Gasteiger partial charge is 0.292 e. The first kappa shape index (κ1) is 14.6. The van der Waals surface area contributed by atoms with Crippen molar-refractivity contribution in [2.45, 2.75) is 0 Å². The standard InChI is InChI=1S/C50H31N7/c1-2-15-32(16-3-1)40-31-41(54-50(53-40)56-43-25-9-4-17-33(43)34-18-5-10-26-44(34)56)39-21-12-28-46(55-42-24-8-6-19-35(42)37-22-13-29-51-48(37)55)47(39)57-45-27-11-7-20-36(45)38-23-14-30-52-49(38)57/h1-31H/i1D,2D,3D,4D,5D,6D,7D,8D,9D,10D,11D,13D,14D,15D,16D,17D,18D,19D,20D,22D,23D,24D,25D,26D,27D,29D,30D,31D. The third-order valence-corrected chi connectivity index (χ3v) is 9.33. The van der Waals surface area contributed by atoms with Gasteiger partial charge in [0.05, 0.1) is 83.2 Å². The summed E-state index contributed by atoms with van der Waals surface area (Å²) in [7, 11) is 0. The van der Waals surface area contributed by atoms with Crippen molar-refractivity contribution in [2.24, 2.45) is 0 Å². The molecule has 0 saturated heterocycles. The van der Waals surface area contributed by atoms with Crippen LogP contribution in [0.15, 0.2) is 188 Å². The quantitative estimate of drug-likeness (QED) is 0.175. The Balaban J connectivity index is 1.41. The predicted molar refractivity (Wildman–Crippen MR) is 232 cm³/mol. The summed E-state index contributed by atoms with van der Waals surface area (Å²) in [6.45, 7) is 0. The summed E-state index contributed by atoms with van der Waals surface area (Å²) in [4.78, 5) is 18.1. The Morgan fingerprint density at radius 1 is 0.421 bits per heavy atom. The number of aromatic nitrogens is 7. The Labute approximate surface area is 365 Å². The van der Waals surface area contributed by atoms with Crippen LogP contribution in [0.1, 0.15) is 38.4 Å². The molecule has 0 aliphatic carbocycles. The molecular formula is C50H31N7. The highest BCUT2D eigenvalue weighted by atomic mass is 15.2. The molecule has 0 saturated carbocycles. The molecule has 0 aliphatic heterocycles. The van der Waals surface area contributed by atoms with E-state index in [1.54, 1.807) is 0 Å². The third-order valence-electron chi connectivity index (χ3n) is 9.33. The molecule has 57 heavy (non-hydrogen) atoms. The summed E-state index contributed by atoms with van der Waals surface area (Å²) in [6, 6.07) is -18.5. The summed E-state index contributed by atoms with van der Waals surface area (Å²) >= 11 is 0. The maximum atomic E-state index is 10.2. The van der Waals surface area contributed by atoms with Gasteiger partial charge in [0.2, 0.25) is 5.95 Å². The molecule has 0 unspecified atom stereocenters. The number of benzene rings is 6. The fraction of sp³-hybridized carbons (Fsp3) is 0. The van der Waals surface area contributed by atoms with Gasteiger partial charge in [-0.1, -0.05) is 115 Å². The van der Waals surface area contributed by atoms with Crippen molar-refractivity contribution in [3.05, 3.63) is 188 Å². The van der Waals surface area contributed by atoms with Crippen LogP contribution in [0.25, 0.3) is 106 Å². The van der Waals surface area contributed by atoms with Gasteiger partial charge >= 0.3 is 0 Å². The Kier molecular flexibility index (Phi) is 3.16. The molecule has 0 amide bonds. The van der Waals surface area contributed by atoms with Crippen molar-refractivity contribution in [2.75, 3.05) is 0 Å². The second-order valence-electron chi connectivity index (χ2n) is 12.3. The van der Waals surface area contributed by atoms with Gasteiger partial charge in [0.1, 0.15) is 11.3 Å². The van der Waals surface area contributed by atoms with Gasteiger partial charge in [-0.05, 0) is 60.4 Å². The monoisotopic (exact) mass is 757 g/mol. The molecule has 7 heteroatoms. The van der Waals surface area contributed by atoms with Crippen LogP contribution < -0.4 is 0 Å². The molecule has 12 aromatic rings. The molecule has 6 heterocycles. The lowest BCUT2D eigenvalue weighted by molar-refractivity contribution is 0.992. The molecule has 0 bridgehead atoms. The van der Waals surface area contributed by atoms with E-state index >= 15 is 0 Å². The number of nitrogens with zero attached hydrogens (tertiary/aromatic N) is 7. The van der Waals surface area contributed by atoms with Gasteiger partial charge in [0, 0.05) is 55.8 Å². The maximum Gasteiger partial charge on any atom is 0.235 e. The summed E-state index contributed by atoms with van der Waals surface area (Å²) < 4.78 is 255. The van der Waals surface area contributed by atoms with Crippen molar-refractivity contribution < 1.29 is 38.4 Å². The van der Waals surface area contributed by atoms with Crippen LogP contribution in [-0.4, -0.2) is 33.6 Å². The first-order valence-corrected chi connectivity index (χ1v) is 16.8. The van der Waals surface area contributed by atoms with Crippen LogP contribution in [0.3, 0.4) is 0 Å². The number of fused-ring (bicyclic) bond motifs is 9. The van der Waals surface area contributed by atoms with Gasteiger partial charge in [-0.3, -0.25) is 13.7 Å². The Morgan fingerprint density at radius 3 is 1.51 bits per heavy atom.